The molecule has 0 bridgehead atoms. The predicted molar refractivity (Wildman–Crippen MR) is 137 cm³/mol. The number of hydrogen-bond acceptors (Lipinski definition) is 6. The highest BCUT2D eigenvalue weighted by atomic mass is 19.1. The van der Waals surface area contributed by atoms with Gasteiger partial charge in [-0.15, -0.1) is 0 Å². The van der Waals surface area contributed by atoms with Crippen molar-refractivity contribution in [3.05, 3.63) is 71.8 Å². The summed E-state index contributed by atoms with van der Waals surface area (Å²) in [7, 11) is 1.55. The van der Waals surface area contributed by atoms with Gasteiger partial charge in [-0.1, -0.05) is 0 Å². The zero-order valence-corrected chi connectivity index (χ0v) is 21.7. The van der Waals surface area contributed by atoms with Gasteiger partial charge in [-0.3, -0.25) is 4.79 Å². The molecule has 2 saturated heterocycles. The second-order valence-corrected chi connectivity index (χ2v) is 10.4. The molecule has 2 aromatic carbocycles. The first-order chi connectivity index (χ1) is 18.3. The van der Waals surface area contributed by atoms with Crippen LogP contribution in [-0.4, -0.2) is 60.7 Å². The summed E-state index contributed by atoms with van der Waals surface area (Å²) < 4.78 is 45.3. The third kappa shape index (κ3) is 4.39. The number of halogens is 1. The highest BCUT2D eigenvalue weighted by molar-refractivity contribution is 5.95. The number of methoxy groups -OCH3 is 1. The number of amides is 1. The first-order valence-corrected chi connectivity index (χ1v) is 12.9. The van der Waals surface area contributed by atoms with Gasteiger partial charge in [0.05, 0.1) is 25.1 Å². The van der Waals surface area contributed by atoms with Crippen LogP contribution in [0.3, 0.4) is 0 Å². The Kier molecular flexibility index (Phi) is 6.07. The van der Waals surface area contributed by atoms with E-state index in [1.807, 2.05) is 37.1 Å². The summed E-state index contributed by atoms with van der Waals surface area (Å²) >= 11 is 0. The third-order valence-electron chi connectivity index (χ3n) is 7.46. The lowest BCUT2D eigenvalue weighted by molar-refractivity contribution is -0.141. The lowest BCUT2D eigenvalue weighted by atomic mass is 9.86. The number of carbonyl (C=O) groups excluding carboxylic acids is 1. The lowest BCUT2D eigenvalue weighted by Gasteiger charge is -2.45. The largest absolute Gasteiger partial charge is 0.493 e. The molecule has 9 heteroatoms. The molecule has 0 N–H and O–H groups in total. The molecule has 1 unspecified atom stereocenters. The van der Waals surface area contributed by atoms with Crippen LogP contribution in [0.5, 0.6) is 17.2 Å². The maximum absolute atomic E-state index is 14.0. The van der Waals surface area contributed by atoms with Crippen molar-refractivity contribution in [2.24, 2.45) is 0 Å². The minimum Gasteiger partial charge on any atom is -0.493 e. The van der Waals surface area contributed by atoms with Crippen LogP contribution in [0, 0.1) is 5.82 Å². The molecule has 1 amide bonds. The van der Waals surface area contributed by atoms with Crippen LogP contribution in [0.4, 0.5) is 4.39 Å². The molecular weight excluding hydrogens is 491 g/mol. The van der Waals surface area contributed by atoms with Gasteiger partial charge in [-0.25, -0.2) is 4.39 Å². The summed E-state index contributed by atoms with van der Waals surface area (Å²) in [6, 6.07) is 13.8. The maximum atomic E-state index is 14.0. The summed E-state index contributed by atoms with van der Waals surface area (Å²) in [5, 5.41) is 0. The van der Waals surface area contributed by atoms with Gasteiger partial charge < -0.3 is 33.2 Å². The van der Waals surface area contributed by atoms with Crippen molar-refractivity contribution in [3.8, 4) is 22.9 Å². The fraction of sp³-hybridized carbons (Fsp3) is 0.414. The summed E-state index contributed by atoms with van der Waals surface area (Å²) in [6.45, 7) is 5.52. The normalized spacial score (nSPS) is 20.9. The second-order valence-electron chi connectivity index (χ2n) is 10.4. The van der Waals surface area contributed by atoms with E-state index in [0.717, 1.165) is 11.4 Å². The number of likely N-dealkylation sites (tertiary alicyclic amines) is 1. The van der Waals surface area contributed by atoms with Crippen LogP contribution in [0.2, 0.25) is 0 Å². The van der Waals surface area contributed by atoms with Crippen molar-refractivity contribution in [3.63, 3.8) is 0 Å². The van der Waals surface area contributed by atoms with E-state index in [2.05, 4.69) is 4.57 Å². The Morgan fingerprint density at radius 2 is 1.92 bits per heavy atom. The Hall–Kier alpha value is -3.56. The van der Waals surface area contributed by atoms with Crippen molar-refractivity contribution >= 4 is 5.91 Å². The van der Waals surface area contributed by atoms with Crippen LogP contribution < -0.4 is 14.2 Å². The topological polar surface area (TPSA) is 71.4 Å². The Labute approximate surface area is 220 Å². The number of fused-ring (bicyclic) bond motifs is 4. The van der Waals surface area contributed by atoms with E-state index in [1.54, 1.807) is 31.4 Å². The number of piperidine rings is 1. The van der Waals surface area contributed by atoms with Crippen LogP contribution in [0.1, 0.15) is 42.7 Å². The van der Waals surface area contributed by atoms with Crippen molar-refractivity contribution < 1.29 is 32.9 Å². The molecular formula is C29H31FN2O6. The third-order valence-corrected chi connectivity index (χ3v) is 7.46. The molecule has 0 radical (unpaired) electrons. The van der Waals surface area contributed by atoms with Crippen LogP contribution in [0.25, 0.3) is 5.69 Å². The van der Waals surface area contributed by atoms with Gasteiger partial charge in [-0.05, 0) is 56.3 Å². The van der Waals surface area contributed by atoms with Gasteiger partial charge >= 0.3 is 0 Å². The molecule has 2 fully saturated rings. The predicted octanol–water partition coefficient (Wildman–Crippen LogP) is 4.68. The number of aromatic nitrogens is 1. The molecule has 38 heavy (non-hydrogen) atoms. The van der Waals surface area contributed by atoms with E-state index >= 15 is 0 Å². The molecule has 1 aromatic heterocycles. The van der Waals surface area contributed by atoms with Gasteiger partial charge in [0, 0.05) is 43.8 Å². The van der Waals surface area contributed by atoms with Gasteiger partial charge in [0.15, 0.2) is 22.9 Å². The van der Waals surface area contributed by atoms with E-state index < -0.39 is 11.4 Å². The quantitative estimate of drug-likeness (QED) is 0.485. The molecule has 3 aliphatic rings. The van der Waals surface area contributed by atoms with E-state index in [4.69, 9.17) is 23.7 Å². The molecule has 3 aromatic rings. The SMILES string of the molecule is COc1cc(C(=O)N2CCC3(CC2)Oc2cc(F)ccc2-n2cccc23)ccc1OCC1COC(C)(C)O1. The Bertz CT molecular complexity index is 1360. The highest BCUT2D eigenvalue weighted by Crippen LogP contribution is 2.45. The average molecular weight is 523 g/mol. The van der Waals surface area contributed by atoms with Crippen molar-refractivity contribution in [2.45, 2.75) is 44.2 Å². The molecule has 200 valence electrons. The van der Waals surface area contributed by atoms with Crippen LogP contribution in [-0.2, 0) is 15.1 Å². The van der Waals surface area contributed by atoms with Gasteiger partial charge in [0.2, 0.25) is 0 Å². The Morgan fingerprint density at radius 3 is 2.66 bits per heavy atom. The highest BCUT2D eigenvalue weighted by Gasteiger charge is 2.44. The fourth-order valence-electron chi connectivity index (χ4n) is 5.55. The molecule has 0 aliphatic carbocycles. The summed E-state index contributed by atoms with van der Waals surface area (Å²) in [4.78, 5) is 15.2. The fourth-order valence-corrected chi connectivity index (χ4v) is 5.55. The monoisotopic (exact) mass is 522 g/mol. The summed E-state index contributed by atoms with van der Waals surface area (Å²) in [6.07, 6.45) is 2.98. The Balaban J connectivity index is 1.14. The lowest BCUT2D eigenvalue weighted by Crippen LogP contribution is -2.50. The minimum atomic E-state index is -0.618. The van der Waals surface area contributed by atoms with E-state index in [9.17, 15) is 9.18 Å². The number of nitrogens with zero attached hydrogens (tertiary/aromatic N) is 2. The Morgan fingerprint density at radius 1 is 1.11 bits per heavy atom. The maximum Gasteiger partial charge on any atom is 0.253 e. The zero-order chi connectivity index (χ0) is 26.5. The summed E-state index contributed by atoms with van der Waals surface area (Å²) in [5.74, 6) is 0.499. The molecule has 1 spiro atoms. The van der Waals surface area contributed by atoms with E-state index in [0.29, 0.717) is 62.0 Å². The van der Waals surface area contributed by atoms with Gasteiger partial charge in [0.1, 0.15) is 24.3 Å². The molecule has 4 heterocycles. The number of carbonyl (C=O) groups is 1. The number of benzene rings is 2. The minimum absolute atomic E-state index is 0.0865. The smallest absolute Gasteiger partial charge is 0.253 e. The van der Waals surface area contributed by atoms with Gasteiger partial charge in [-0.2, -0.15) is 0 Å². The first-order valence-electron chi connectivity index (χ1n) is 12.9. The van der Waals surface area contributed by atoms with Crippen molar-refractivity contribution in [1.29, 1.82) is 0 Å². The van der Waals surface area contributed by atoms with Gasteiger partial charge in [0.25, 0.3) is 5.91 Å². The molecule has 6 rings (SSSR count). The average Bonchev–Trinajstić information content (AvgIpc) is 3.54. The number of hydrogen-bond donors (Lipinski definition) is 0. The van der Waals surface area contributed by atoms with E-state index in [1.165, 1.54) is 12.1 Å². The zero-order valence-electron chi connectivity index (χ0n) is 21.7. The van der Waals surface area contributed by atoms with Crippen molar-refractivity contribution in [2.75, 3.05) is 33.4 Å². The number of ether oxygens (including phenoxy) is 5. The standard InChI is InChI=1S/C29H31FN2O6/c1-28(2)36-18-21(37-28)17-35-23-9-6-19(15-25(23)34-3)27(33)31-13-10-29(11-14-31)26-5-4-12-32(26)22-8-7-20(30)16-24(22)38-29/h4-9,12,15-16,21H,10-11,13-14,17-18H2,1-3H3. The first kappa shape index (κ1) is 24.8. The molecule has 3 aliphatic heterocycles. The molecule has 8 nitrogen and oxygen atoms in total. The van der Waals surface area contributed by atoms with Crippen LogP contribution >= 0.6 is 0 Å². The van der Waals surface area contributed by atoms with Crippen molar-refractivity contribution in [1.82, 2.24) is 9.47 Å². The van der Waals surface area contributed by atoms with Crippen LogP contribution in [0.15, 0.2) is 54.7 Å². The number of rotatable bonds is 5. The second kappa shape index (κ2) is 9.32. The molecule has 1 atom stereocenters. The molecule has 0 saturated carbocycles. The van der Waals surface area contributed by atoms with E-state index in [-0.39, 0.29) is 17.8 Å². The summed E-state index contributed by atoms with van der Waals surface area (Å²) in [5.41, 5.74) is 1.75.